The standard InChI is InChI=1S/C24H19N/c1-17-11-13-19-7-3-5-9-22(19)21(17)15-12-18(2)23-16-14-20-8-4-6-10-24(20)25-23/h3-16H,2H2,1H3/b15-12-. The molecule has 1 aromatic heterocycles. The number of allylic oxidation sites excluding steroid dienone is 2. The van der Waals surface area contributed by atoms with E-state index in [1.807, 2.05) is 24.3 Å². The summed E-state index contributed by atoms with van der Waals surface area (Å²) in [5.41, 5.74) is 5.32. The lowest BCUT2D eigenvalue weighted by atomic mass is 9.98. The number of rotatable bonds is 3. The number of aromatic nitrogens is 1. The minimum absolute atomic E-state index is 0.910. The van der Waals surface area contributed by atoms with E-state index in [9.17, 15) is 0 Å². The van der Waals surface area contributed by atoms with Gasteiger partial charge in [0.15, 0.2) is 0 Å². The Hall–Kier alpha value is -3.19. The van der Waals surface area contributed by atoms with Crippen molar-refractivity contribution in [3.05, 3.63) is 102 Å². The van der Waals surface area contributed by atoms with E-state index in [0.717, 1.165) is 22.2 Å². The van der Waals surface area contributed by atoms with Gasteiger partial charge in [-0.15, -0.1) is 0 Å². The summed E-state index contributed by atoms with van der Waals surface area (Å²) in [7, 11) is 0. The summed E-state index contributed by atoms with van der Waals surface area (Å²) in [6.07, 6.45) is 4.21. The van der Waals surface area contributed by atoms with Gasteiger partial charge >= 0.3 is 0 Å². The van der Waals surface area contributed by atoms with Crippen LogP contribution in [0.25, 0.3) is 33.3 Å². The fraction of sp³-hybridized carbons (Fsp3) is 0.0417. The maximum Gasteiger partial charge on any atom is 0.0709 e. The highest BCUT2D eigenvalue weighted by Gasteiger charge is 2.03. The Kier molecular flexibility index (Phi) is 3.91. The normalized spacial score (nSPS) is 11.4. The summed E-state index contributed by atoms with van der Waals surface area (Å²) in [6, 6.07) is 25.1. The molecule has 3 aromatic carbocycles. The van der Waals surface area contributed by atoms with E-state index in [2.05, 4.69) is 74.2 Å². The van der Waals surface area contributed by atoms with Gasteiger partial charge in [0.05, 0.1) is 11.2 Å². The van der Waals surface area contributed by atoms with Crippen molar-refractivity contribution < 1.29 is 0 Å². The van der Waals surface area contributed by atoms with Gasteiger partial charge in [-0.2, -0.15) is 0 Å². The Bertz CT molecular complexity index is 1120. The Morgan fingerprint density at radius 3 is 2.44 bits per heavy atom. The summed E-state index contributed by atoms with van der Waals surface area (Å²) in [6.45, 7) is 6.35. The number of nitrogens with zero attached hydrogens (tertiary/aromatic N) is 1. The second-order valence-electron chi connectivity index (χ2n) is 6.27. The van der Waals surface area contributed by atoms with Crippen molar-refractivity contribution in [1.82, 2.24) is 4.98 Å². The highest BCUT2D eigenvalue weighted by Crippen LogP contribution is 2.25. The van der Waals surface area contributed by atoms with Crippen molar-refractivity contribution in [3.8, 4) is 0 Å². The minimum atomic E-state index is 0.910. The van der Waals surface area contributed by atoms with E-state index >= 15 is 0 Å². The molecule has 0 aliphatic heterocycles. The van der Waals surface area contributed by atoms with Crippen molar-refractivity contribution in [3.63, 3.8) is 0 Å². The number of hydrogen-bond donors (Lipinski definition) is 0. The smallest absolute Gasteiger partial charge is 0.0709 e. The van der Waals surface area contributed by atoms with Crippen LogP contribution >= 0.6 is 0 Å². The second-order valence-corrected chi connectivity index (χ2v) is 6.27. The molecule has 0 N–H and O–H groups in total. The summed E-state index contributed by atoms with van der Waals surface area (Å²) in [4.78, 5) is 4.72. The first-order valence-electron chi connectivity index (χ1n) is 8.44. The number of pyridine rings is 1. The molecule has 0 aliphatic carbocycles. The third-order valence-corrected chi connectivity index (χ3v) is 4.57. The van der Waals surface area contributed by atoms with Gasteiger partial charge in [-0.05, 0) is 46.5 Å². The quantitative estimate of drug-likeness (QED) is 0.397. The number of para-hydroxylation sites is 1. The fourth-order valence-corrected chi connectivity index (χ4v) is 3.14. The molecule has 0 atom stereocenters. The molecule has 0 saturated heterocycles. The van der Waals surface area contributed by atoms with Crippen molar-refractivity contribution in [2.45, 2.75) is 6.92 Å². The number of aryl methyl sites for hydroxylation is 1. The maximum atomic E-state index is 4.72. The van der Waals surface area contributed by atoms with Crippen molar-refractivity contribution in [2.75, 3.05) is 0 Å². The Labute approximate surface area is 148 Å². The molecule has 1 heterocycles. The van der Waals surface area contributed by atoms with E-state index < -0.39 is 0 Å². The van der Waals surface area contributed by atoms with Crippen LogP contribution in [0.2, 0.25) is 0 Å². The molecular weight excluding hydrogens is 302 g/mol. The zero-order valence-corrected chi connectivity index (χ0v) is 14.2. The molecule has 0 fully saturated rings. The van der Waals surface area contributed by atoms with Gasteiger partial charge in [0.1, 0.15) is 0 Å². The predicted molar refractivity (Wildman–Crippen MR) is 108 cm³/mol. The SMILES string of the molecule is C=C(/C=C\c1c(C)ccc2ccccc12)c1ccc2ccccc2n1. The Balaban J connectivity index is 1.71. The van der Waals surface area contributed by atoms with E-state index in [4.69, 9.17) is 4.98 Å². The molecule has 0 spiro atoms. The van der Waals surface area contributed by atoms with E-state index in [1.54, 1.807) is 0 Å². The van der Waals surface area contributed by atoms with Crippen LogP contribution in [0.3, 0.4) is 0 Å². The lowest BCUT2D eigenvalue weighted by Crippen LogP contribution is -1.88. The van der Waals surface area contributed by atoms with Gasteiger partial charge in [-0.25, -0.2) is 4.98 Å². The highest BCUT2D eigenvalue weighted by molar-refractivity contribution is 5.93. The molecule has 0 radical (unpaired) electrons. The first kappa shape index (κ1) is 15.3. The van der Waals surface area contributed by atoms with Gasteiger partial charge in [0, 0.05) is 5.39 Å². The van der Waals surface area contributed by atoms with Gasteiger partial charge < -0.3 is 0 Å². The summed E-state index contributed by atoms with van der Waals surface area (Å²) >= 11 is 0. The molecule has 25 heavy (non-hydrogen) atoms. The van der Waals surface area contributed by atoms with Crippen LogP contribution in [0.5, 0.6) is 0 Å². The summed E-state index contributed by atoms with van der Waals surface area (Å²) in [5.74, 6) is 0. The van der Waals surface area contributed by atoms with Crippen molar-refractivity contribution in [1.29, 1.82) is 0 Å². The summed E-state index contributed by atoms with van der Waals surface area (Å²) < 4.78 is 0. The van der Waals surface area contributed by atoms with E-state index in [-0.39, 0.29) is 0 Å². The topological polar surface area (TPSA) is 12.9 Å². The molecule has 0 unspecified atom stereocenters. The zero-order chi connectivity index (χ0) is 17.2. The first-order chi connectivity index (χ1) is 12.2. The van der Waals surface area contributed by atoms with Crippen LogP contribution in [-0.2, 0) is 0 Å². The third kappa shape index (κ3) is 2.97. The Morgan fingerprint density at radius 2 is 1.56 bits per heavy atom. The monoisotopic (exact) mass is 321 g/mol. The molecule has 0 saturated carbocycles. The minimum Gasteiger partial charge on any atom is -0.248 e. The molecular formula is C24H19N. The number of hydrogen-bond acceptors (Lipinski definition) is 1. The molecule has 0 bridgehead atoms. The molecule has 0 amide bonds. The second kappa shape index (κ2) is 6.37. The van der Waals surface area contributed by atoms with Crippen molar-refractivity contribution in [2.24, 2.45) is 0 Å². The van der Waals surface area contributed by atoms with Crippen LogP contribution in [-0.4, -0.2) is 4.98 Å². The highest BCUT2D eigenvalue weighted by atomic mass is 14.7. The predicted octanol–water partition coefficient (Wildman–Crippen LogP) is 6.42. The van der Waals surface area contributed by atoms with Crippen LogP contribution in [0.4, 0.5) is 0 Å². The maximum absolute atomic E-state index is 4.72. The average molecular weight is 321 g/mol. The van der Waals surface area contributed by atoms with Gasteiger partial charge in [0.25, 0.3) is 0 Å². The molecule has 0 aliphatic rings. The van der Waals surface area contributed by atoms with Gasteiger partial charge in [0.2, 0.25) is 0 Å². The molecule has 4 aromatic rings. The average Bonchev–Trinajstić information content (AvgIpc) is 2.66. The van der Waals surface area contributed by atoms with Crippen LogP contribution in [0.15, 0.2) is 85.5 Å². The largest absolute Gasteiger partial charge is 0.248 e. The lowest BCUT2D eigenvalue weighted by molar-refractivity contribution is 1.35. The molecule has 120 valence electrons. The fourth-order valence-electron chi connectivity index (χ4n) is 3.14. The Morgan fingerprint density at radius 1 is 0.840 bits per heavy atom. The summed E-state index contributed by atoms with van der Waals surface area (Å²) in [5, 5.41) is 3.66. The lowest BCUT2D eigenvalue weighted by Gasteiger charge is -2.07. The van der Waals surface area contributed by atoms with Gasteiger partial charge in [-0.3, -0.25) is 0 Å². The van der Waals surface area contributed by atoms with E-state index in [0.29, 0.717) is 0 Å². The molecule has 1 heteroatoms. The zero-order valence-electron chi connectivity index (χ0n) is 14.2. The first-order valence-corrected chi connectivity index (χ1v) is 8.44. The van der Waals surface area contributed by atoms with Crippen molar-refractivity contribution >= 4 is 33.3 Å². The van der Waals surface area contributed by atoms with Crippen LogP contribution < -0.4 is 0 Å². The third-order valence-electron chi connectivity index (χ3n) is 4.57. The van der Waals surface area contributed by atoms with Gasteiger partial charge in [-0.1, -0.05) is 79.4 Å². The van der Waals surface area contributed by atoms with Crippen LogP contribution in [0.1, 0.15) is 16.8 Å². The number of fused-ring (bicyclic) bond motifs is 2. The molecule has 4 rings (SSSR count). The molecule has 1 nitrogen and oxygen atoms in total. The van der Waals surface area contributed by atoms with Crippen LogP contribution in [0, 0.1) is 6.92 Å². The van der Waals surface area contributed by atoms with E-state index in [1.165, 1.54) is 21.9 Å². The number of benzene rings is 3.